The van der Waals surface area contributed by atoms with Gasteiger partial charge >= 0.3 is 12.0 Å². The number of urea groups is 1. The standard InChI is InChI=1S/C16H28N3O3S/c1-2-3-4-5-9-17-11(15(20)21)7-6-8-13-14-12(10-23-13)18-16(22)19-14/h11-14,17H,1-10H2,(H,20,21)(H2,18,19,22)/t11?,12-,13-,14-/m0/s1. The molecule has 0 bridgehead atoms. The Morgan fingerprint density at radius 1 is 1.35 bits per heavy atom. The second-order valence-corrected chi connectivity index (χ2v) is 7.58. The van der Waals surface area contributed by atoms with Gasteiger partial charge in [0.15, 0.2) is 0 Å². The van der Waals surface area contributed by atoms with Crippen molar-refractivity contribution in [2.75, 3.05) is 12.3 Å². The molecule has 0 aromatic carbocycles. The molecule has 2 heterocycles. The minimum atomic E-state index is -0.769. The van der Waals surface area contributed by atoms with E-state index in [9.17, 15) is 14.7 Å². The molecule has 0 spiro atoms. The Balaban J connectivity index is 1.64. The molecule has 6 nitrogen and oxygen atoms in total. The van der Waals surface area contributed by atoms with Crippen molar-refractivity contribution < 1.29 is 14.7 Å². The molecule has 7 heteroatoms. The van der Waals surface area contributed by atoms with Crippen LogP contribution in [0.2, 0.25) is 0 Å². The Hall–Kier alpha value is -0.950. The molecule has 0 aromatic rings. The Morgan fingerprint density at radius 2 is 2.17 bits per heavy atom. The van der Waals surface area contributed by atoms with Crippen LogP contribution < -0.4 is 16.0 Å². The van der Waals surface area contributed by atoms with E-state index in [2.05, 4.69) is 22.9 Å². The third-order valence-electron chi connectivity index (χ3n) is 4.54. The number of amides is 2. The number of carbonyl (C=O) groups is 2. The number of thioether (sulfide) groups is 1. The molecule has 2 saturated heterocycles. The number of fused-ring (bicyclic) bond motifs is 1. The maximum atomic E-state index is 11.3. The highest BCUT2D eigenvalue weighted by Crippen LogP contribution is 2.33. The highest BCUT2D eigenvalue weighted by Gasteiger charge is 2.42. The van der Waals surface area contributed by atoms with Gasteiger partial charge in [-0.1, -0.05) is 32.6 Å². The molecule has 2 amide bonds. The van der Waals surface area contributed by atoms with E-state index >= 15 is 0 Å². The van der Waals surface area contributed by atoms with E-state index in [1.807, 2.05) is 11.8 Å². The molecule has 4 atom stereocenters. The lowest BCUT2D eigenvalue weighted by molar-refractivity contribution is -0.139. The summed E-state index contributed by atoms with van der Waals surface area (Å²) in [6.45, 7) is 4.56. The summed E-state index contributed by atoms with van der Waals surface area (Å²) in [5.74, 6) is 0.177. The van der Waals surface area contributed by atoms with Gasteiger partial charge in [-0.25, -0.2) is 4.79 Å². The molecule has 2 fully saturated rings. The molecule has 0 saturated carbocycles. The van der Waals surface area contributed by atoms with Crippen LogP contribution in [-0.4, -0.2) is 52.8 Å². The minimum absolute atomic E-state index is 0.0716. The van der Waals surface area contributed by atoms with Crippen LogP contribution in [0.5, 0.6) is 0 Å². The van der Waals surface area contributed by atoms with Crippen molar-refractivity contribution >= 4 is 23.8 Å². The molecule has 1 radical (unpaired) electrons. The zero-order valence-electron chi connectivity index (χ0n) is 13.6. The summed E-state index contributed by atoms with van der Waals surface area (Å²) in [6.07, 6.45) is 6.58. The fourth-order valence-corrected chi connectivity index (χ4v) is 4.78. The van der Waals surface area contributed by atoms with E-state index in [1.165, 1.54) is 0 Å². The van der Waals surface area contributed by atoms with E-state index in [4.69, 9.17) is 0 Å². The van der Waals surface area contributed by atoms with E-state index in [-0.39, 0.29) is 18.1 Å². The third-order valence-corrected chi connectivity index (χ3v) is 6.04. The van der Waals surface area contributed by atoms with Crippen molar-refractivity contribution in [3.05, 3.63) is 6.92 Å². The zero-order valence-corrected chi connectivity index (χ0v) is 14.4. The summed E-state index contributed by atoms with van der Waals surface area (Å²) >= 11 is 1.87. The van der Waals surface area contributed by atoms with Gasteiger partial charge in [0.05, 0.1) is 12.1 Å². The van der Waals surface area contributed by atoms with Crippen LogP contribution in [0.3, 0.4) is 0 Å². The summed E-state index contributed by atoms with van der Waals surface area (Å²) in [5.41, 5.74) is 0. The number of rotatable bonds is 11. The van der Waals surface area contributed by atoms with Crippen LogP contribution >= 0.6 is 11.8 Å². The summed E-state index contributed by atoms with van der Waals surface area (Å²) in [5, 5.41) is 18.7. The van der Waals surface area contributed by atoms with Crippen molar-refractivity contribution in [2.45, 2.75) is 68.3 Å². The van der Waals surface area contributed by atoms with E-state index in [1.54, 1.807) is 0 Å². The number of carboxylic acid groups (broad SMARTS) is 1. The number of carboxylic acids is 1. The highest BCUT2D eigenvalue weighted by atomic mass is 32.2. The number of nitrogens with one attached hydrogen (secondary N) is 3. The molecule has 131 valence electrons. The lowest BCUT2D eigenvalue weighted by Gasteiger charge is -2.18. The maximum Gasteiger partial charge on any atom is 0.320 e. The minimum Gasteiger partial charge on any atom is -0.480 e. The van der Waals surface area contributed by atoms with Gasteiger partial charge in [-0.05, 0) is 25.8 Å². The maximum absolute atomic E-state index is 11.3. The Kier molecular flexibility index (Phi) is 7.49. The van der Waals surface area contributed by atoms with Crippen LogP contribution in [-0.2, 0) is 4.79 Å². The summed E-state index contributed by atoms with van der Waals surface area (Å²) in [4.78, 5) is 22.7. The van der Waals surface area contributed by atoms with Gasteiger partial charge in [0, 0.05) is 11.0 Å². The first-order valence-corrected chi connectivity index (χ1v) is 9.60. The van der Waals surface area contributed by atoms with Crippen LogP contribution in [0.25, 0.3) is 0 Å². The first kappa shape index (κ1) is 18.4. The SMILES string of the molecule is [CH2]CCCCCNC(CCC[C@@H]1SC[C@@H]2NC(=O)N[C@@H]21)C(=O)O. The number of hydrogen-bond donors (Lipinski definition) is 4. The van der Waals surface area contributed by atoms with Crippen molar-refractivity contribution in [2.24, 2.45) is 0 Å². The Bertz CT molecular complexity index is 408. The molecular weight excluding hydrogens is 314 g/mol. The number of unbranched alkanes of at least 4 members (excludes halogenated alkanes) is 3. The van der Waals surface area contributed by atoms with Gasteiger partial charge in [-0.15, -0.1) is 0 Å². The summed E-state index contributed by atoms with van der Waals surface area (Å²) in [6, 6.07) is -0.101. The van der Waals surface area contributed by atoms with Crippen LogP contribution in [0.15, 0.2) is 0 Å². The summed E-state index contributed by atoms with van der Waals surface area (Å²) in [7, 11) is 0. The largest absolute Gasteiger partial charge is 0.480 e. The van der Waals surface area contributed by atoms with Gasteiger partial charge in [0.25, 0.3) is 0 Å². The van der Waals surface area contributed by atoms with Gasteiger partial charge in [-0.2, -0.15) is 11.8 Å². The molecule has 2 aliphatic heterocycles. The molecule has 1 unspecified atom stereocenters. The first-order valence-electron chi connectivity index (χ1n) is 8.56. The predicted molar refractivity (Wildman–Crippen MR) is 92.6 cm³/mol. The second kappa shape index (κ2) is 9.37. The first-order chi connectivity index (χ1) is 11.1. The third kappa shape index (κ3) is 5.57. The monoisotopic (exact) mass is 342 g/mol. The number of carbonyl (C=O) groups excluding carboxylic acids is 1. The van der Waals surface area contributed by atoms with Crippen LogP contribution in [0.4, 0.5) is 4.79 Å². The van der Waals surface area contributed by atoms with E-state index in [0.29, 0.717) is 11.7 Å². The highest BCUT2D eigenvalue weighted by molar-refractivity contribution is 8.00. The fraction of sp³-hybridized carbons (Fsp3) is 0.812. The van der Waals surface area contributed by atoms with Gasteiger partial charge in [0.2, 0.25) is 0 Å². The lowest BCUT2D eigenvalue weighted by Crippen LogP contribution is -2.38. The predicted octanol–water partition coefficient (Wildman–Crippen LogP) is 1.76. The Morgan fingerprint density at radius 3 is 2.91 bits per heavy atom. The fourth-order valence-electron chi connectivity index (χ4n) is 3.23. The molecule has 2 rings (SSSR count). The van der Waals surface area contributed by atoms with Crippen LogP contribution in [0, 0.1) is 6.92 Å². The number of hydrogen-bond acceptors (Lipinski definition) is 4. The Labute approximate surface area is 142 Å². The van der Waals surface area contributed by atoms with Crippen molar-refractivity contribution in [3.63, 3.8) is 0 Å². The van der Waals surface area contributed by atoms with Gasteiger partial charge in [-0.3, -0.25) is 4.79 Å². The van der Waals surface area contributed by atoms with E-state index < -0.39 is 12.0 Å². The molecule has 0 aliphatic carbocycles. The van der Waals surface area contributed by atoms with Gasteiger partial charge < -0.3 is 21.1 Å². The van der Waals surface area contributed by atoms with Crippen molar-refractivity contribution in [1.29, 1.82) is 0 Å². The van der Waals surface area contributed by atoms with Crippen molar-refractivity contribution in [3.8, 4) is 0 Å². The number of aliphatic carboxylic acids is 1. The summed E-state index contributed by atoms with van der Waals surface area (Å²) < 4.78 is 0. The molecule has 2 aliphatic rings. The smallest absolute Gasteiger partial charge is 0.320 e. The molecule has 23 heavy (non-hydrogen) atoms. The average molecular weight is 342 g/mol. The average Bonchev–Trinajstić information content (AvgIpc) is 3.04. The molecule has 0 aromatic heterocycles. The lowest BCUT2D eigenvalue weighted by atomic mass is 10.0. The normalized spacial score (nSPS) is 27.3. The molecular formula is C16H28N3O3S. The second-order valence-electron chi connectivity index (χ2n) is 6.31. The molecule has 4 N–H and O–H groups in total. The van der Waals surface area contributed by atoms with Crippen LogP contribution in [0.1, 0.15) is 44.9 Å². The zero-order chi connectivity index (χ0) is 16.7. The van der Waals surface area contributed by atoms with Crippen molar-refractivity contribution in [1.82, 2.24) is 16.0 Å². The quantitative estimate of drug-likeness (QED) is 0.339. The topological polar surface area (TPSA) is 90.5 Å². The van der Waals surface area contributed by atoms with E-state index in [0.717, 1.165) is 50.8 Å². The van der Waals surface area contributed by atoms with Gasteiger partial charge in [0.1, 0.15) is 6.04 Å².